The van der Waals surface area contributed by atoms with Crippen LogP contribution in [0.25, 0.3) is 0 Å². The molecular weight excluding hydrogens is 272 g/mol. The van der Waals surface area contributed by atoms with Gasteiger partial charge in [-0.15, -0.1) is 0 Å². The van der Waals surface area contributed by atoms with Crippen LogP contribution in [-0.2, 0) is 9.47 Å². The molecule has 0 radical (unpaired) electrons. The summed E-state index contributed by atoms with van der Waals surface area (Å²) in [5.74, 6) is 1.55. The number of aliphatic hydroxyl groups excluding tert-OH is 3. The monoisotopic (exact) mass is 302 g/mol. The van der Waals surface area contributed by atoms with E-state index in [-0.39, 0.29) is 6.10 Å². The van der Waals surface area contributed by atoms with Crippen molar-refractivity contribution >= 4 is 0 Å². The lowest BCUT2D eigenvalue weighted by Crippen LogP contribution is -2.41. The van der Waals surface area contributed by atoms with Gasteiger partial charge in [0, 0.05) is 0 Å². The fourth-order valence-corrected chi connectivity index (χ4v) is 3.63. The van der Waals surface area contributed by atoms with Crippen LogP contribution in [0.1, 0.15) is 47.0 Å². The first-order chi connectivity index (χ1) is 9.81. The van der Waals surface area contributed by atoms with E-state index in [2.05, 4.69) is 20.8 Å². The van der Waals surface area contributed by atoms with Crippen LogP contribution in [0.4, 0.5) is 0 Å². The maximum Gasteiger partial charge on any atom is 0.186 e. The maximum atomic E-state index is 10.1. The van der Waals surface area contributed by atoms with Gasteiger partial charge in [0.1, 0.15) is 18.3 Å². The largest absolute Gasteiger partial charge is 0.391 e. The lowest BCUT2D eigenvalue weighted by molar-refractivity contribution is -0.218. The van der Waals surface area contributed by atoms with Gasteiger partial charge in [0.25, 0.3) is 0 Å². The molecule has 21 heavy (non-hydrogen) atoms. The number of ether oxygens (including phenoxy) is 2. The Morgan fingerprint density at radius 1 is 1.10 bits per heavy atom. The van der Waals surface area contributed by atoms with Crippen molar-refractivity contribution in [1.29, 1.82) is 0 Å². The van der Waals surface area contributed by atoms with Gasteiger partial charge in [-0.05, 0) is 37.5 Å². The molecular formula is C16H30O5. The molecule has 0 aromatic heterocycles. The van der Waals surface area contributed by atoms with E-state index in [9.17, 15) is 15.3 Å². The van der Waals surface area contributed by atoms with Gasteiger partial charge in [0.15, 0.2) is 6.29 Å². The first-order valence-corrected chi connectivity index (χ1v) is 8.16. The Morgan fingerprint density at radius 3 is 2.29 bits per heavy atom. The summed E-state index contributed by atoms with van der Waals surface area (Å²) < 4.78 is 11.6. The Balaban J connectivity index is 2.02. The van der Waals surface area contributed by atoms with Crippen molar-refractivity contribution in [2.24, 2.45) is 17.8 Å². The Kier molecular flexibility index (Phi) is 5.65. The van der Waals surface area contributed by atoms with Crippen molar-refractivity contribution in [2.45, 2.75) is 83.8 Å². The summed E-state index contributed by atoms with van der Waals surface area (Å²) in [6.07, 6.45) is -1.37. The number of aliphatic hydroxyl groups is 3. The summed E-state index contributed by atoms with van der Waals surface area (Å²) in [5, 5.41) is 29.6. The smallest absolute Gasteiger partial charge is 0.186 e. The first kappa shape index (κ1) is 17.2. The molecule has 0 unspecified atom stereocenters. The summed E-state index contributed by atoms with van der Waals surface area (Å²) >= 11 is 0. The molecule has 2 aliphatic rings. The molecule has 124 valence electrons. The molecule has 5 nitrogen and oxygen atoms in total. The van der Waals surface area contributed by atoms with Gasteiger partial charge < -0.3 is 24.8 Å². The number of rotatable bonds is 4. The van der Waals surface area contributed by atoms with Crippen molar-refractivity contribution in [3.05, 3.63) is 0 Å². The summed E-state index contributed by atoms with van der Waals surface area (Å²) in [7, 11) is 0. The molecule has 8 atom stereocenters. The second-order valence-electron chi connectivity index (χ2n) is 7.19. The zero-order chi connectivity index (χ0) is 15.7. The normalized spacial score (nSPS) is 46.0. The van der Waals surface area contributed by atoms with Crippen molar-refractivity contribution < 1.29 is 24.8 Å². The Labute approximate surface area is 127 Å². The minimum atomic E-state index is -1.10. The molecule has 0 aromatic rings. The third-order valence-electron chi connectivity index (χ3n) is 5.00. The molecule has 0 amide bonds. The van der Waals surface area contributed by atoms with E-state index in [1.807, 2.05) is 0 Å². The highest BCUT2D eigenvalue weighted by Crippen LogP contribution is 2.37. The van der Waals surface area contributed by atoms with Gasteiger partial charge in [-0.1, -0.05) is 27.2 Å². The fourth-order valence-electron chi connectivity index (χ4n) is 3.63. The first-order valence-electron chi connectivity index (χ1n) is 8.16. The van der Waals surface area contributed by atoms with Crippen molar-refractivity contribution in [3.63, 3.8) is 0 Å². The molecule has 0 bridgehead atoms. The van der Waals surface area contributed by atoms with Gasteiger partial charge >= 0.3 is 0 Å². The number of hydrogen-bond acceptors (Lipinski definition) is 5. The van der Waals surface area contributed by atoms with Crippen molar-refractivity contribution in [2.75, 3.05) is 0 Å². The van der Waals surface area contributed by atoms with Gasteiger partial charge in [-0.3, -0.25) is 0 Å². The third kappa shape index (κ3) is 3.77. The van der Waals surface area contributed by atoms with E-state index in [1.54, 1.807) is 6.92 Å². The van der Waals surface area contributed by atoms with Crippen LogP contribution < -0.4 is 0 Å². The quantitative estimate of drug-likeness (QED) is 0.729. The molecule has 1 saturated heterocycles. The molecule has 3 N–H and O–H groups in total. The van der Waals surface area contributed by atoms with E-state index < -0.39 is 30.7 Å². The van der Waals surface area contributed by atoms with E-state index in [0.29, 0.717) is 17.8 Å². The van der Waals surface area contributed by atoms with E-state index in [1.165, 1.54) is 6.42 Å². The Bertz CT molecular complexity index is 333. The van der Waals surface area contributed by atoms with Crippen LogP contribution in [0.5, 0.6) is 0 Å². The van der Waals surface area contributed by atoms with Gasteiger partial charge in [0.2, 0.25) is 0 Å². The minimum absolute atomic E-state index is 0.0355. The Hall–Kier alpha value is -0.200. The fraction of sp³-hybridized carbons (Fsp3) is 1.00. The molecule has 1 aliphatic carbocycles. The van der Waals surface area contributed by atoms with Crippen LogP contribution in [0.2, 0.25) is 0 Å². The van der Waals surface area contributed by atoms with Gasteiger partial charge in [-0.25, -0.2) is 0 Å². The number of hydrogen-bond donors (Lipinski definition) is 3. The highest BCUT2D eigenvalue weighted by molar-refractivity contribution is 4.91. The summed E-state index contributed by atoms with van der Waals surface area (Å²) in [5.41, 5.74) is 0. The lowest BCUT2D eigenvalue weighted by Gasteiger charge is -2.38. The predicted octanol–water partition coefficient (Wildman–Crippen LogP) is 1.29. The van der Waals surface area contributed by atoms with Crippen LogP contribution in [0, 0.1) is 17.8 Å². The Morgan fingerprint density at radius 2 is 1.76 bits per heavy atom. The zero-order valence-corrected chi connectivity index (χ0v) is 13.5. The summed E-state index contributed by atoms with van der Waals surface area (Å²) in [6, 6.07) is 0. The predicted molar refractivity (Wildman–Crippen MR) is 78.6 cm³/mol. The third-order valence-corrected chi connectivity index (χ3v) is 5.00. The topological polar surface area (TPSA) is 79.2 Å². The van der Waals surface area contributed by atoms with Gasteiger partial charge in [-0.2, -0.15) is 0 Å². The standard InChI is InChI=1S/C16H30O5/c1-8(2)11-6-5-9(3)7-12(11)20-16-14(19)13(18)15(21-16)10(4)17/h8-19H,5-7H2,1-4H3/t9-,10-,11+,12-,13-,14-,15+,16-/m1/s1. The summed E-state index contributed by atoms with van der Waals surface area (Å²) in [6.45, 7) is 8.14. The molecule has 2 fully saturated rings. The van der Waals surface area contributed by atoms with Crippen LogP contribution in [-0.4, -0.2) is 52.1 Å². The van der Waals surface area contributed by atoms with Crippen molar-refractivity contribution in [1.82, 2.24) is 0 Å². The van der Waals surface area contributed by atoms with Crippen LogP contribution >= 0.6 is 0 Å². The molecule has 1 aliphatic heterocycles. The lowest BCUT2D eigenvalue weighted by atomic mass is 9.75. The van der Waals surface area contributed by atoms with E-state index >= 15 is 0 Å². The SMILES string of the molecule is CC(C)[C@@H]1CC[C@@H](C)C[C@H]1O[C@@H]1O[C@@H]([C@@H](C)O)[C@H](O)[C@H]1O. The molecule has 0 spiro atoms. The zero-order valence-electron chi connectivity index (χ0n) is 13.5. The van der Waals surface area contributed by atoms with Crippen LogP contribution in [0.15, 0.2) is 0 Å². The highest BCUT2D eigenvalue weighted by Gasteiger charge is 2.47. The summed E-state index contributed by atoms with van der Waals surface area (Å²) in [4.78, 5) is 0. The van der Waals surface area contributed by atoms with E-state index in [4.69, 9.17) is 9.47 Å². The average Bonchev–Trinajstić information content (AvgIpc) is 2.67. The van der Waals surface area contributed by atoms with Crippen LogP contribution in [0.3, 0.4) is 0 Å². The maximum absolute atomic E-state index is 10.1. The molecule has 1 saturated carbocycles. The minimum Gasteiger partial charge on any atom is -0.391 e. The van der Waals surface area contributed by atoms with E-state index in [0.717, 1.165) is 12.8 Å². The molecule has 1 heterocycles. The molecule has 0 aromatic carbocycles. The van der Waals surface area contributed by atoms with Crippen molar-refractivity contribution in [3.8, 4) is 0 Å². The molecule has 5 heteroatoms. The second kappa shape index (κ2) is 6.92. The van der Waals surface area contributed by atoms with Gasteiger partial charge in [0.05, 0.1) is 12.2 Å². The second-order valence-corrected chi connectivity index (χ2v) is 7.19. The highest BCUT2D eigenvalue weighted by atomic mass is 16.7. The molecule has 2 rings (SSSR count). The average molecular weight is 302 g/mol.